The maximum absolute atomic E-state index is 5.99. The van der Waals surface area contributed by atoms with Gasteiger partial charge in [0.15, 0.2) is 0 Å². The zero-order valence-corrected chi connectivity index (χ0v) is 13.0. The highest BCUT2D eigenvalue weighted by Gasteiger charge is 2.43. The van der Waals surface area contributed by atoms with Crippen molar-refractivity contribution in [3.8, 4) is 5.75 Å². The molecular weight excluding hydrogens is 266 g/mol. The van der Waals surface area contributed by atoms with E-state index < -0.39 is 0 Å². The van der Waals surface area contributed by atoms with Crippen LogP contribution in [-0.4, -0.2) is 50.0 Å². The third-order valence-electron chi connectivity index (χ3n) is 4.55. The molecule has 0 radical (unpaired) electrons. The molecule has 1 saturated carbocycles. The number of nitrogens with zero attached hydrogens (tertiary/aromatic N) is 1. The molecule has 1 aromatic rings. The van der Waals surface area contributed by atoms with E-state index in [2.05, 4.69) is 30.0 Å². The van der Waals surface area contributed by atoms with Crippen molar-refractivity contribution in [3.63, 3.8) is 0 Å². The summed E-state index contributed by atoms with van der Waals surface area (Å²) in [6.07, 6.45) is 2.79. The molecule has 0 N–H and O–H groups in total. The van der Waals surface area contributed by atoms with Crippen LogP contribution in [0.15, 0.2) is 24.3 Å². The molecule has 1 aromatic carbocycles. The minimum Gasteiger partial charge on any atom is -0.497 e. The topological polar surface area (TPSA) is 30.9 Å². The van der Waals surface area contributed by atoms with Gasteiger partial charge in [0, 0.05) is 25.7 Å². The van der Waals surface area contributed by atoms with Crippen LogP contribution >= 0.6 is 0 Å². The van der Waals surface area contributed by atoms with Crippen molar-refractivity contribution in [3.05, 3.63) is 29.8 Å². The van der Waals surface area contributed by atoms with Crippen LogP contribution in [0.25, 0.3) is 0 Å². The summed E-state index contributed by atoms with van der Waals surface area (Å²) in [5.74, 6) is 0.927. The van der Waals surface area contributed by atoms with Crippen LogP contribution in [0.2, 0.25) is 0 Å². The molecule has 3 rings (SSSR count). The van der Waals surface area contributed by atoms with Crippen molar-refractivity contribution < 1.29 is 14.2 Å². The van der Waals surface area contributed by atoms with E-state index in [0.717, 1.165) is 38.5 Å². The fraction of sp³-hybridized carbons (Fsp3) is 0.647. The molecule has 0 amide bonds. The summed E-state index contributed by atoms with van der Waals surface area (Å²) >= 11 is 0. The molecule has 4 nitrogen and oxygen atoms in total. The number of morpholine rings is 1. The van der Waals surface area contributed by atoms with E-state index in [1.54, 1.807) is 7.11 Å². The average molecular weight is 291 g/mol. The van der Waals surface area contributed by atoms with Gasteiger partial charge in [-0.05, 0) is 37.5 Å². The molecule has 1 saturated heterocycles. The number of ether oxygens (including phenoxy) is 3. The molecule has 1 aliphatic carbocycles. The minimum atomic E-state index is 0.240. The SMILES string of the molecule is CCO[C@H]1CC[C@H]2[C@H]1OCCN2Cc1cccc(OC)c1. The Hall–Kier alpha value is -1.10. The van der Waals surface area contributed by atoms with Gasteiger partial charge in [-0.25, -0.2) is 0 Å². The van der Waals surface area contributed by atoms with Crippen LogP contribution in [0.4, 0.5) is 0 Å². The normalized spacial score (nSPS) is 29.3. The van der Waals surface area contributed by atoms with Gasteiger partial charge >= 0.3 is 0 Å². The first-order valence-corrected chi connectivity index (χ1v) is 7.92. The van der Waals surface area contributed by atoms with E-state index in [9.17, 15) is 0 Å². The highest BCUT2D eigenvalue weighted by Crippen LogP contribution is 2.33. The molecule has 1 aliphatic heterocycles. The molecule has 0 spiro atoms. The zero-order valence-electron chi connectivity index (χ0n) is 13.0. The van der Waals surface area contributed by atoms with Gasteiger partial charge in [0.25, 0.3) is 0 Å². The van der Waals surface area contributed by atoms with Gasteiger partial charge in [-0.15, -0.1) is 0 Å². The van der Waals surface area contributed by atoms with Crippen LogP contribution in [0, 0.1) is 0 Å². The maximum Gasteiger partial charge on any atom is 0.119 e. The first kappa shape index (κ1) is 14.8. The van der Waals surface area contributed by atoms with E-state index in [0.29, 0.717) is 6.04 Å². The molecule has 0 aromatic heterocycles. The Morgan fingerprint density at radius 3 is 3.05 bits per heavy atom. The lowest BCUT2D eigenvalue weighted by molar-refractivity contribution is -0.113. The van der Waals surface area contributed by atoms with E-state index in [1.807, 2.05) is 6.07 Å². The second kappa shape index (κ2) is 6.77. The third kappa shape index (κ3) is 3.23. The largest absolute Gasteiger partial charge is 0.497 e. The highest BCUT2D eigenvalue weighted by atomic mass is 16.5. The fourth-order valence-corrected chi connectivity index (χ4v) is 3.59. The summed E-state index contributed by atoms with van der Waals surface area (Å²) in [5, 5.41) is 0. The Labute approximate surface area is 127 Å². The van der Waals surface area contributed by atoms with Crippen molar-refractivity contribution in [2.24, 2.45) is 0 Å². The molecule has 1 heterocycles. The lowest BCUT2D eigenvalue weighted by Crippen LogP contribution is -2.51. The molecule has 2 aliphatic rings. The first-order valence-electron chi connectivity index (χ1n) is 7.92. The van der Waals surface area contributed by atoms with Crippen LogP contribution < -0.4 is 4.74 Å². The van der Waals surface area contributed by atoms with Crippen LogP contribution in [-0.2, 0) is 16.0 Å². The first-order chi connectivity index (χ1) is 10.3. The predicted molar refractivity (Wildman–Crippen MR) is 81.6 cm³/mol. The molecule has 0 unspecified atom stereocenters. The maximum atomic E-state index is 5.99. The monoisotopic (exact) mass is 291 g/mol. The summed E-state index contributed by atoms with van der Waals surface area (Å²) < 4.78 is 17.1. The molecule has 0 bridgehead atoms. The van der Waals surface area contributed by atoms with Gasteiger partial charge in [0.1, 0.15) is 5.75 Å². The minimum absolute atomic E-state index is 0.240. The molecule has 2 fully saturated rings. The van der Waals surface area contributed by atoms with Crippen LogP contribution in [0.1, 0.15) is 25.3 Å². The van der Waals surface area contributed by atoms with E-state index in [4.69, 9.17) is 14.2 Å². The molecular formula is C17H25NO3. The van der Waals surface area contributed by atoms with Gasteiger partial charge in [0.05, 0.1) is 25.9 Å². The second-order valence-corrected chi connectivity index (χ2v) is 5.80. The number of methoxy groups -OCH3 is 1. The standard InChI is InChI=1S/C17H25NO3/c1-3-20-16-8-7-15-17(16)21-10-9-18(15)12-13-5-4-6-14(11-13)19-2/h4-6,11,15-17H,3,7-10,12H2,1-2H3/t15-,16-,17+/m0/s1. The van der Waals surface area contributed by atoms with E-state index >= 15 is 0 Å². The van der Waals surface area contributed by atoms with Crippen molar-refractivity contribution in [1.82, 2.24) is 4.90 Å². The Morgan fingerprint density at radius 1 is 1.33 bits per heavy atom. The van der Waals surface area contributed by atoms with E-state index in [1.165, 1.54) is 12.0 Å². The van der Waals surface area contributed by atoms with Crippen LogP contribution in [0.3, 0.4) is 0 Å². The van der Waals surface area contributed by atoms with Crippen LogP contribution in [0.5, 0.6) is 5.75 Å². The highest BCUT2D eigenvalue weighted by molar-refractivity contribution is 5.28. The zero-order chi connectivity index (χ0) is 14.7. The summed E-state index contributed by atoms with van der Waals surface area (Å²) in [6.45, 7) is 5.59. The number of fused-ring (bicyclic) bond motifs is 1. The quantitative estimate of drug-likeness (QED) is 0.834. The lowest BCUT2D eigenvalue weighted by Gasteiger charge is -2.39. The van der Waals surface area contributed by atoms with Gasteiger partial charge in [-0.2, -0.15) is 0 Å². The number of hydrogen-bond donors (Lipinski definition) is 0. The Morgan fingerprint density at radius 2 is 2.24 bits per heavy atom. The smallest absolute Gasteiger partial charge is 0.119 e. The number of rotatable bonds is 5. The van der Waals surface area contributed by atoms with Gasteiger partial charge in [-0.3, -0.25) is 4.90 Å². The van der Waals surface area contributed by atoms with Crippen molar-refractivity contribution >= 4 is 0 Å². The van der Waals surface area contributed by atoms with Crippen molar-refractivity contribution in [2.45, 2.75) is 44.6 Å². The van der Waals surface area contributed by atoms with Crippen molar-refractivity contribution in [2.75, 3.05) is 26.9 Å². The summed E-state index contributed by atoms with van der Waals surface area (Å²) in [6, 6.07) is 8.83. The Bertz CT molecular complexity index is 465. The van der Waals surface area contributed by atoms with Gasteiger partial charge in [0.2, 0.25) is 0 Å². The second-order valence-electron chi connectivity index (χ2n) is 5.80. The summed E-state index contributed by atoms with van der Waals surface area (Å²) in [4.78, 5) is 2.54. The Kier molecular flexibility index (Phi) is 4.78. The lowest BCUT2D eigenvalue weighted by atomic mass is 10.1. The molecule has 3 atom stereocenters. The third-order valence-corrected chi connectivity index (χ3v) is 4.55. The average Bonchev–Trinajstić information content (AvgIpc) is 2.92. The summed E-state index contributed by atoms with van der Waals surface area (Å²) in [5.41, 5.74) is 1.30. The van der Waals surface area contributed by atoms with E-state index in [-0.39, 0.29) is 12.2 Å². The molecule has 4 heteroatoms. The van der Waals surface area contributed by atoms with Gasteiger partial charge < -0.3 is 14.2 Å². The van der Waals surface area contributed by atoms with Gasteiger partial charge in [-0.1, -0.05) is 12.1 Å². The molecule has 21 heavy (non-hydrogen) atoms. The Balaban J connectivity index is 1.68. The molecule has 116 valence electrons. The number of hydrogen-bond acceptors (Lipinski definition) is 4. The van der Waals surface area contributed by atoms with Crippen molar-refractivity contribution in [1.29, 1.82) is 0 Å². The fourth-order valence-electron chi connectivity index (χ4n) is 3.59. The number of benzene rings is 1. The predicted octanol–water partition coefficient (Wildman–Crippen LogP) is 2.46. The summed E-state index contributed by atoms with van der Waals surface area (Å²) in [7, 11) is 1.72.